The molecule has 19 heavy (non-hydrogen) atoms. The summed E-state index contributed by atoms with van der Waals surface area (Å²) in [4.78, 5) is 28.8. The van der Waals surface area contributed by atoms with Crippen molar-refractivity contribution in [3.05, 3.63) is 42.0 Å². The molecule has 2 rings (SSSR count). The number of H-pyrrole nitrogens is 1. The molecule has 0 radical (unpaired) electrons. The molecule has 0 fully saturated rings. The van der Waals surface area contributed by atoms with Gasteiger partial charge in [-0.1, -0.05) is 6.07 Å². The number of aromatic nitrogens is 3. The Bertz CT molecular complexity index is 592. The molecule has 7 nitrogen and oxygen atoms in total. The highest BCUT2D eigenvalue weighted by Gasteiger charge is 2.11. The lowest BCUT2D eigenvalue weighted by atomic mass is 10.2. The molecular formula is C12H13N5O2. The van der Waals surface area contributed by atoms with Crippen LogP contribution in [0.2, 0.25) is 0 Å². The molecule has 0 unspecified atom stereocenters. The molecule has 0 aliphatic heterocycles. The van der Waals surface area contributed by atoms with Crippen molar-refractivity contribution in [3.8, 4) is 0 Å². The summed E-state index contributed by atoms with van der Waals surface area (Å²) >= 11 is 0. The minimum Gasteiger partial charge on any atom is -0.345 e. The first-order chi connectivity index (χ1) is 9.08. The van der Waals surface area contributed by atoms with Crippen LogP contribution in [0.4, 0.5) is 5.69 Å². The number of carbonyl (C=O) groups is 2. The van der Waals surface area contributed by atoms with Crippen LogP contribution in [0, 0.1) is 0 Å². The van der Waals surface area contributed by atoms with Crippen LogP contribution < -0.4 is 5.32 Å². The molecule has 0 aliphatic carbocycles. The molecule has 0 saturated heterocycles. The largest absolute Gasteiger partial charge is 0.345 e. The fraction of sp³-hybridized carbons (Fsp3) is 0.167. The van der Waals surface area contributed by atoms with Crippen LogP contribution in [-0.2, 0) is 0 Å². The van der Waals surface area contributed by atoms with Gasteiger partial charge in [-0.25, -0.2) is 4.98 Å². The summed E-state index contributed by atoms with van der Waals surface area (Å²) in [7, 11) is 3.34. The minimum atomic E-state index is -0.410. The van der Waals surface area contributed by atoms with Crippen LogP contribution in [0.25, 0.3) is 0 Å². The summed E-state index contributed by atoms with van der Waals surface area (Å²) in [5, 5.41) is 8.70. The number of benzene rings is 1. The molecule has 0 aliphatic rings. The number of nitrogens with one attached hydrogen (secondary N) is 2. The van der Waals surface area contributed by atoms with Gasteiger partial charge in [-0.05, 0) is 18.2 Å². The van der Waals surface area contributed by atoms with Crippen molar-refractivity contribution < 1.29 is 9.59 Å². The molecule has 0 bridgehead atoms. The van der Waals surface area contributed by atoms with Gasteiger partial charge in [-0.3, -0.25) is 14.7 Å². The zero-order chi connectivity index (χ0) is 13.8. The van der Waals surface area contributed by atoms with Crippen molar-refractivity contribution in [2.24, 2.45) is 0 Å². The Morgan fingerprint density at radius 3 is 2.74 bits per heavy atom. The molecule has 1 aromatic heterocycles. The number of aromatic amines is 1. The lowest BCUT2D eigenvalue weighted by Crippen LogP contribution is -2.22. The van der Waals surface area contributed by atoms with Crippen LogP contribution in [-0.4, -0.2) is 46.0 Å². The van der Waals surface area contributed by atoms with Crippen LogP contribution in [0.1, 0.15) is 21.0 Å². The first kappa shape index (κ1) is 12.7. The second kappa shape index (κ2) is 5.30. The van der Waals surface area contributed by atoms with Crippen molar-refractivity contribution >= 4 is 17.5 Å². The molecule has 1 heterocycles. The lowest BCUT2D eigenvalue weighted by Gasteiger charge is -2.11. The number of rotatable bonds is 3. The van der Waals surface area contributed by atoms with E-state index in [1.165, 1.54) is 11.2 Å². The molecule has 2 amide bonds. The van der Waals surface area contributed by atoms with Crippen LogP contribution in [0.3, 0.4) is 0 Å². The van der Waals surface area contributed by atoms with E-state index in [-0.39, 0.29) is 11.7 Å². The third-order valence-electron chi connectivity index (χ3n) is 2.40. The van der Waals surface area contributed by atoms with Gasteiger partial charge < -0.3 is 10.2 Å². The van der Waals surface area contributed by atoms with E-state index in [2.05, 4.69) is 20.5 Å². The lowest BCUT2D eigenvalue weighted by molar-refractivity contribution is 0.0827. The van der Waals surface area contributed by atoms with Crippen LogP contribution in [0.5, 0.6) is 0 Å². The maximum Gasteiger partial charge on any atom is 0.292 e. The number of carbonyl (C=O) groups excluding carboxylic acids is 2. The fourth-order valence-corrected chi connectivity index (χ4v) is 1.49. The van der Waals surface area contributed by atoms with Gasteiger partial charge in [0.05, 0.1) is 0 Å². The molecule has 0 saturated carbocycles. The van der Waals surface area contributed by atoms with Gasteiger partial charge >= 0.3 is 0 Å². The summed E-state index contributed by atoms with van der Waals surface area (Å²) < 4.78 is 0. The van der Waals surface area contributed by atoms with E-state index < -0.39 is 5.91 Å². The SMILES string of the molecule is CN(C)C(=O)c1cccc(NC(=O)c2ncn[nH]2)c1. The Labute approximate surface area is 109 Å². The minimum absolute atomic E-state index is 0.115. The Hall–Kier alpha value is -2.70. The van der Waals surface area contributed by atoms with E-state index in [9.17, 15) is 9.59 Å². The number of nitrogens with zero attached hydrogens (tertiary/aromatic N) is 3. The van der Waals surface area contributed by atoms with Gasteiger partial charge in [0.1, 0.15) is 6.33 Å². The van der Waals surface area contributed by atoms with Crippen molar-refractivity contribution in [2.45, 2.75) is 0 Å². The van der Waals surface area contributed by atoms with Crippen LogP contribution >= 0.6 is 0 Å². The second-order valence-corrected chi connectivity index (χ2v) is 4.07. The predicted molar refractivity (Wildman–Crippen MR) is 68.8 cm³/mol. The first-order valence-electron chi connectivity index (χ1n) is 5.56. The molecule has 1 aromatic carbocycles. The molecular weight excluding hydrogens is 246 g/mol. The summed E-state index contributed by atoms with van der Waals surface area (Å²) in [6.07, 6.45) is 1.25. The topological polar surface area (TPSA) is 91.0 Å². The molecule has 98 valence electrons. The highest BCUT2D eigenvalue weighted by molar-refractivity contribution is 6.02. The van der Waals surface area contributed by atoms with Crippen molar-refractivity contribution in [3.63, 3.8) is 0 Å². The first-order valence-corrected chi connectivity index (χ1v) is 5.56. The van der Waals surface area contributed by atoms with E-state index in [0.717, 1.165) is 0 Å². The molecule has 2 aromatic rings. The fourth-order valence-electron chi connectivity index (χ4n) is 1.49. The molecule has 0 spiro atoms. The quantitative estimate of drug-likeness (QED) is 0.851. The number of hydrogen-bond acceptors (Lipinski definition) is 4. The Kier molecular flexibility index (Phi) is 3.56. The van der Waals surface area contributed by atoms with Gasteiger partial charge in [0.25, 0.3) is 11.8 Å². The smallest absolute Gasteiger partial charge is 0.292 e. The average molecular weight is 259 g/mol. The Morgan fingerprint density at radius 2 is 2.11 bits per heavy atom. The molecule has 7 heteroatoms. The third-order valence-corrected chi connectivity index (χ3v) is 2.40. The zero-order valence-electron chi connectivity index (χ0n) is 10.5. The molecule has 0 atom stereocenters. The van der Waals surface area contributed by atoms with Gasteiger partial charge in [0.2, 0.25) is 5.82 Å². The number of anilines is 1. The van der Waals surface area contributed by atoms with E-state index in [1.54, 1.807) is 38.4 Å². The number of hydrogen-bond donors (Lipinski definition) is 2. The monoisotopic (exact) mass is 259 g/mol. The average Bonchev–Trinajstić information content (AvgIpc) is 2.92. The standard InChI is InChI=1S/C12H13N5O2/c1-17(2)12(19)8-4-3-5-9(6-8)15-11(18)10-13-7-14-16-10/h3-7H,1-2H3,(H,15,18)(H,13,14,16). The van der Waals surface area contributed by atoms with E-state index in [0.29, 0.717) is 11.3 Å². The highest BCUT2D eigenvalue weighted by atomic mass is 16.2. The molecule has 2 N–H and O–H groups in total. The van der Waals surface area contributed by atoms with Crippen molar-refractivity contribution in [2.75, 3.05) is 19.4 Å². The van der Waals surface area contributed by atoms with Gasteiger partial charge in [0, 0.05) is 25.3 Å². The van der Waals surface area contributed by atoms with Gasteiger partial charge in [-0.15, -0.1) is 0 Å². The summed E-state index contributed by atoms with van der Waals surface area (Å²) in [5.74, 6) is -0.424. The number of amides is 2. The van der Waals surface area contributed by atoms with E-state index >= 15 is 0 Å². The Balaban J connectivity index is 2.16. The third kappa shape index (κ3) is 2.95. The van der Waals surface area contributed by atoms with Crippen molar-refractivity contribution in [1.82, 2.24) is 20.1 Å². The Morgan fingerprint density at radius 1 is 1.32 bits per heavy atom. The summed E-state index contributed by atoms with van der Waals surface area (Å²) in [6.45, 7) is 0. The van der Waals surface area contributed by atoms with Gasteiger partial charge in [0.15, 0.2) is 0 Å². The maximum atomic E-state index is 11.8. The summed E-state index contributed by atoms with van der Waals surface area (Å²) in [6, 6.07) is 6.69. The van der Waals surface area contributed by atoms with E-state index in [4.69, 9.17) is 0 Å². The predicted octanol–water partition coefficient (Wildman–Crippen LogP) is 0.759. The van der Waals surface area contributed by atoms with Gasteiger partial charge in [-0.2, -0.15) is 5.10 Å². The highest BCUT2D eigenvalue weighted by Crippen LogP contribution is 2.12. The maximum absolute atomic E-state index is 11.8. The second-order valence-electron chi connectivity index (χ2n) is 4.07. The van der Waals surface area contributed by atoms with Crippen LogP contribution in [0.15, 0.2) is 30.6 Å². The van der Waals surface area contributed by atoms with E-state index in [1.807, 2.05) is 0 Å². The van der Waals surface area contributed by atoms with Crippen molar-refractivity contribution in [1.29, 1.82) is 0 Å². The zero-order valence-corrected chi connectivity index (χ0v) is 10.5. The summed E-state index contributed by atoms with van der Waals surface area (Å²) in [5.41, 5.74) is 1.02. The normalized spacial score (nSPS) is 10.0.